The predicted octanol–water partition coefficient (Wildman–Crippen LogP) is 1.77. The van der Waals surface area contributed by atoms with Crippen LogP contribution in [-0.2, 0) is 4.79 Å². The van der Waals surface area contributed by atoms with Crippen molar-refractivity contribution in [2.75, 3.05) is 33.7 Å². The highest BCUT2D eigenvalue weighted by Crippen LogP contribution is 2.27. The number of carbonyl (C=O) groups is 1. The van der Waals surface area contributed by atoms with Crippen LogP contribution in [0.1, 0.15) is 32.6 Å². The second-order valence-corrected chi connectivity index (χ2v) is 6.09. The fraction of sp³-hybridized carbons (Fsp3) is 0.929. The third-order valence-corrected chi connectivity index (χ3v) is 4.53. The van der Waals surface area contributed by atoms with Crippen molar-refractivity contribution in [2.45, 2.75) is 44.7 Å². The molecule has 1 aliphatic heterocycles. The van der Waals surface area contributed by atoms with Crippen LogP contribution in [-0.4, -0.2) is 61.5 Å². The number of likely N-dealkylation sites (tertiary alicyclic amines) is 1. The first kappa shape index (κ1) is 20.0. The smallest absolute Gasteiger partial charge is 0.236 e. The number of hydrogen-bond acceptors (Lipinski definition) is 3. The number of halogens is 2. The summed E-state index contributed by atoms with van der Waals surface area (Å²) in [6.07, 6.45) is 4.88. The normalized spacial score (nSPS) is 26.4. The second-order valence-electron chi connectivity index (χ2n) is 6.09. The number of piperidine rings is 1. The molecule has 2 rings (SSSR count). The Kier molecular flexibility index (Phi) is 9.07. The average molecular weight is 326 g/mol. The first-order valence-electron chi connectivity index (χ1n) is 7.24. The third kappa shape index (κ3) is 5.76. The molecular weight excluding hydrogens is 297 g/mol. The van der Waals surface area contributed by atoms with Crippen LogP contribution < -0.4 is 5.32 Å². The van der Waals surface area contributed by atoms with Crippen molar-refractivity contribution >= 4 is 30.7 Å². The molecule has 0 aromatic rings. The zero-order valence-corrected chi connectivity index (χ0v) is 14.4. The molecule has 1 saturated heterocycles. The topological polar surface area (TPSA) is 35.6 Å². The van der Waals surface area contributed by atoms with Crippen LogP contribution in [0.2, 0.25) is 0 Å². The fourth-order valence-electron chi connectivity index (χ4n) is 2.65. The highest BCUT2D eigenvalue weighted by atomic mass is 35.5. The predicted molar refractivity (Wildman–Crippen MR) is 88.0 cm³/mol. The molecule has 0 radical (unpaired) electrons. The zero-order chi connectivity index (χ0) is 13.1. The minimum atomic E-state index is 0. The number of nitrogens with one attached hydrogen (secondary N) is 1. The van der Waals surface area contributed by atoms with Gasteiger partial charge in [0.15, 0.2) is 0 Å². The maximum atomic E-state index is 12.1. The van der Waals surface area contributed by atoms with E-state index < -0.39 is 0 Å². The summed E-state index contributed by atoms with van der Waals surface area (Å²) in [5.41, 5.74) is 0. The lowest BCUT2D eigenvalue weighted by Crippen LogP contribution is -2.49. The molecule has 1 amide bonds. The Morgan fingerprint density at radius 1 is 1.30 bits per heavy atom. The molecule has 1 heterocycles. The average Bonchev–Trinajstić information content (AvgIpc) is 3.15. The van der Waals surface area contributed by atoms with Crippen LogP contribution in [0.15, 0.2) is 0 Å². The van der Waals surface area contributed by atoms with Gasteiger partial charge >= 0.3 is 0 Å². The minimum Gasteiger partial charge on any atom is -0.342 e. The molecule has 0 aromatic carbocycles. The van der Waals surface area contributed by atoms with E-state index in [0.29, 0.717) is 18.6 Å². The summed E-state index contributed by atoms with van der Waals surface area (Å²) in [5, 5.41) is 3.29. The van der Waals surface area contributed by atoms with Gasteiger partial charge in [0.25, 0.3) is 0 Å². The Hall–Kier alpha value is -0.0300. The summed E-state index contributed by atoms with van der Waals surface area (Å²) in [6, 6.07) is 1.00. The van der Waals surface area contributed by atoms with E-state index in [-0.39, 0.29) is 30.7 Å². The van der Waals surface area contributed by atoms with Gasteiger partial charge in [-0.2, -0.15) is 0 Å². The SMILES string of the molecule is CC1CC(N(C)C(=O)CNCC2CC2)CCN1C.Cl.Cl. The van der Waals surface area contributed by atoms with Crippen LogP contribution in [0.25, 0.3) is 0 Å². The molecule has 1 N–H and O–H groups in total. The van der Waals surface area contributed by atoms with Gasteiger partial charge < -0.3 is 15.1 Å². The number of rotatable bonds is 5. The fourth-order valence-corrected chi connectivity index (χ4v) is 2.65. The van der Waals surface area contributed by atoms with Crippen LogP contribution in [0, 0.1) is 5.92 Å². The summed E-state index contributed by atoms with van der Waals surface area (Å²) in [6.45, 7) is 4.87. The van der Waals surface area contributed by atoms with E-state index in [0.717, 1.165) is 31.8 Å². The summed E-state index contributed by atoms with van der Waals surface area (Å²) < 4.78 is 0. The largest absolute Gasteiger partial charge is 0.342 e. The van der Waals surface area contributed by atoms with Crippen molar-refractivity contribution in [3.63, 3.8) is 0 Å². The Labute approximate surface area is 135 Å². The molecule has 0 aromatic heterocycles. The molecule has 120 valence electrons. The van der Waals surface area contributed by atoms with E-state index in [2.05, 4.69) is 24.2 Å². The quantitative estimate of drug-likeness (QED) is 0.836. The molecule has 20 heavy (non-hydrogen) atoms. The number of carbonyl (C=O) groups excluding carboxylic acids is 1. The van der Waals surface area contributed by atoms with Crippen molar-refractivity contribution in [2.24, 2.45) is 5.92 Å². The number of nitrogens with zero attached hydrogens (tertiary/aromatic N) is 2. The molecule has 2 atom stereocenters. The summed E-state index contributed by atoms with van der Waals surface area (Å²) in [5.74, 6) is 1.09. The van der Waals surface area contributed by atoms with Crippen molar-refractivity contribution in [3.8, 4) is 0 Å². The molecule has 1 aliphatic carbocycles. The molecule has 6 heteroatoms. The van der Waals surface area contributed by atoms with Crippen LogP contribution in [0.3, 0.4) is 0 Å². The van der Waals surface area contributed by atoms with E-state index in [9.17, 15) is 4.79 Å². The lowest BCUT2D eigenvalue weighted by Gasteiger charge is -2.39. The number of hydrogen-bond donors (Lipinski definition) is 1. The van der Waals surface area contributed by atoms with Crippen LogP contribution >= 0.6 is 24.8 Å². The van der Waals surface area contributed by atoms with E-state index in [1.165, 1.54) is 12.8 Å². The minimum absolute atomic E-state index is 0. The Balaban J connectivity index is 0.00000180. The zero-order valence-electron chi connectivity index (χ0n) is 12.8. The van der Waals surface area contributed by atoms with Crippen LogP contribution in [0.5, 0.6) is 0 Å². The van der Waals surface area contributed by atoms with Gasteiger partial charge in [-0.05, 0) is 52.1 Å². The van der Waals surface area contributed by atoms with Crippen molar-refractivity contribution in [3.05, 3.63) is 0 Å². The van der Waals surface area contributed by atoms with Crippen molar-refractivity contribution in [1.29, 1.82) is 0 Å². The summed E-state index contributed by atoms with van der Waals surface area (Å²) in [4.78, 5) is 16.4. The molecule has 0 spiro atoms. The van der Waals surface area contributed by atoms with Crippen LogP contribution in [0.4, 0.5) is 0 Å². The standard InChI is InChI=1S/C14H27N3O.2ClH/c1-11-8-13(6-7-16(11)2)17(3)14(18)10-15-9-12-4-5-12;;/h11-13,15H,4-10H2,1-3H3;2*1H. The lowest BCUT2D eigenvalue weighted by atomic mass is 9.98. The number of likely N-dealkylation sites (N-methyl/N-ethyl adjacent to an activating group) is 1. The monoisotopic (exact) mass is 325 g/mol. The number of amides is 1. The summed E-state index contributed by atoms with van der Waals surface area (Å²) >= 11 is 0. The summed E-state index contributed by atoms with van der Waals surface area (Å²) in [7, 11) is 4.13. The second kappa shape index (κ2) is 9.08. The molecular formula is C14H29Cl2N3O. The van der Waals surface area contributed by atoms with Gasteiger partial charge in [0.1, 0.15) is 0 Å². The molecule has 2 unspecified atom stereocenters. The van der Waals surface area contributed by atoms with E-state index in [1.54, 1.807) is 0 Å². The van der Waals surface area contributed by atoms with Gasteiger partial charge in [-0.15, -0.1) is 24.8 Å². The van der Waals surface area contributed by atoms with Gasteiger partial charge in [-0.3, -0.25) is 4.79 Å². The lowest BCUT2D eigenvalue weighted by molar-refractivity contribution is -0.132. The molecule has 4 nitrogen and oxygen atoms in total. The van der Waals surface area contributed by atoms with Gasteiger partial charge in [0.2, 0.25) is 5.91 Å². The third-order valence-electron chi connectivity index (χ3n) is 4.53. The highest BCUT2D eigenvalue weighted by molar-refractivity contribution is 5.85. The molecule has 1 saturated carbocycles. The van der Waals surface area contributed by atoms with Gasteiger partial charge in [-0.1, -0.05) is 0 Å². The van der Waals surface area contributed by atoms with E-state index in [1.807, 2.05) is 11.9 Å². The highest BCUT2D eigenvalue weighted by Gasteiger charge is 2.28. The first-order chi connectivity index (χ1) is 8.58. The molecule has 2 fully saturated rings. The van der Waals surface area contributed by atoms with E-state index >= 15 is 0 Å². The van der Waals surface area contributed by atoms with Crippen molar-refractivity contribution < 1.29 is 4.79 Å². The Bertz CT molecular complexity index is 300. The van der Waals surface area contributed by atoms with Gasteiger partial charge in [0.05, 0.1) is 6.54 Å². The molecule has 0 bridgehead atoms. The van der Waals surface area contributed by atoms with E-state index in [4.69, 9.17) is 0 Å². The first-order valence-corrected chi connectivity index (χ1v) is 7.24. The Morgan fingerprint density at radius 2 is 1.95 bits per heavy atom. The van der Waals surface area contributed by atoms with Gasteiger partial charge in [-0.25, -0.2) is 0 Å². The maximum absolute atomic E-state index is 12.1. The van der Waals surface area contributed by atoms with Crippen molar-refractivity contribution in [1.82, 2.24) is 15.1 Å². The molecule has 2 aliphatic rings. The maximum Gasteiger partial charge on any atom is 0.236 e. The Morgan fingerprint density at radius 3 is 2.50 bits per heavy atom. The van der Waals surface area contributed by atoms with Gasteiger partial charge in [0, 0.05) is 25.7 Å².